The molecule has 0 unspecified atom stereocenters. The fraction of sp³-hybridized carbons (Fsp3) is 0.158. The van der Waals surface area contributed by atoms with E-state index in [0.717, 1.165) is 4.90 Å². The minimum absolute atomic E-state index is 0.0869. The third-order valence-corrected chi connectivity index (χ3v) is 4.26. The molecule has 0 saturated heterocycles. The summed E-state index contributed by atoms with van der Waals surface area (Å²) in [6.07, 6.45) is 0. The summed E-state index contributed by atoms with van der Waals surface area (Å²) in [5.41, 5.74) is 0.657. The monoisotopic (exact) mass is 386 g/mol. The Labute approximate surface area is 159 Å². The molecule has 27 heavy (non-hydrogen) atoms. The third-order valence-electron chi connectivity index (χ3n) is 3.95. The van der Waals surface area contributed by atoms with Gasteiger partial charge in [-0.3, -0.25) is 19.3 Å². The highest BCUT2D eigenvalue weighted by Crippen LogP contribution is 2.29. The first-order valence-electron chi connectivity index (χ1n) is 8.14. The Morgan fingerprint density at radius 3 is 2.52 bits per heavy atom. The van der Waals surface area contributed by atoms with E-state index in [0.29, 0.717) is 0 Å². The van der Waals surface area contributed by atoms with Crippen LogP contribution >= 0.6 is 11.6 Å². The number of nitrogens with one attached hydrogen (secondary N) is 1. The van der Waals surface area contributed by atoms with Gasteiger partial charge in [0.05, 0.1) is 34.0 Å². The van der Waals surface area contributed by atoms with Crippen molar-refractivity contribution in [2.24, 2.45) is 0 Å². The van der Waals surface area contributed by atoms with Crippen LogP contribution in [0.5, 0.6) is 0 Å². The molecule has 2 aromatic carbocycles. The number of anilines is 1. The molecule has 0 radical (unpaired) electrons. The summed E-state index contributed by atoms with van der Waals surface area (Å²) in [5.74, 6) is -2.43. The van der Waals surface area contributed by atoms with E-state index in [-0.39, 0.29) is 34.0 Å². The van der Waals surface area contributed by atoms with Crippen molar-refractivity contribution in [2.45, 2.75) is 6.92 Å². The molecule has 0 saturated carbocycles. The molecule has 2 aromatic rings. The number of halogens is 1. The molecule has 3 rings (SSSR count). The van der Waals surface area contributed by atoms with Crippen LogP contribution in [-0.2, 0) is 9.53 Å². The molecule has 0 bridgehead atoms. The standard InChI is InChI=1S/C19H15ClN2O5/c1-2-27-19(26)11-6-3-4-9-14(11)21-15(23)10-22-17(24)12-7-5-8-13(20)16(12)18(22)25/h3-9H,2,10H2,1H3,(H,21,23). The molecule has 0 aromatic heterocycles. The lowest BCUT2D eigenvalue weighted by atomic mass is 10.1. The summed E-state index contributed by atoms with van der Waals surface area (Å²) >= 11 is 6.00. The quantitative estimate of drug-likeness (QED) is 0.630. The first-order chi connectivity index (χ1) is 12.9. The van der Waals surface area contributed by atoms with E-state index in [4.69, 9.17) is 16.3 Å². The summed E-state index contributed by atoms with van der Waals surface area (Å²) in [4.78, 5) is 50.0. The van der Waals surface area contributed by atoms with Crippen LogP contribution in [0, 0.1) is 0 Å². The van der Waals surface area contributed by atoms with E-state index < -0.39 is 30.2 Å². The Balaban J connectivity index is 1.77. The molecule has 1 aliphatic rings. The molecule has 138 valence electrons. The van der Waals surface area contributed by atoms with Crippen molar-refractivity contribution in [2.75, 3.05) is 18.5 Å². The van der Waals surface area contributed by atoms with Crippen molar-refractivity contribution in [1.82, 2.24) is 4.90 Å². The molecule has 0 aliphatic carbocycles. The molecule has 1 heterocycles. The summed E-state index contributed by atoms with van der Waals surface area (Å²) in [6.45, 7) is 1.36. The lowest BCUT2D eigenvalue weighted by Gasteiger charge is -2.15. The van der Waals surface area contributed by atoms with Crippen molar-refractivity contribution in [3.8, 4) is 0 Å². The second kappa shape index (κ2) is 7.59. The Bertz CT molecular complexity index is 957. The van der Waals surface area contributed by atoms with Crippen molar-refractivity contribution in [3.05, 3.63) is 64.2 Å². The minimum atomic E-state index is -0.630. The van der Waals surface area contributed by atoms with Gasteiger partial charge in [-0.2, -0.15) is 0 Å². The van der Waals surface area contributed by atoms with E-state index in [1.54, 1.807) is 25.1 Å². The van der Waals surface area contributed by atoms with Crippen LogP contribution in [0.3, 0.4) is 0 Å². The Morgan fingerprint density at radius 2 is 1.81 bits per heavy atom. The Hall–Kier alpha value is -3.19. The molecule has 0 fully saturated rings. The maximum absolute atomic E-state index is 12.4. The molecule has 1 N–H and O–H groups in total. The molecule has 0 spiro atoms. The molecular formula is C19H15ClN2O5. The van der Waals surface area contributed by atoms with Crippen LogP contribution in [-0.4, -0.2) is 41.7 Å². The number of amides is 3. The molecule has 7 nitrogen and oxygen atoms in total. The molecule has 1 aliphatic heterocycles. The van der Waals surface area contributed by atoms with E-state index in [2.05, 4.69) is 5.32 Å². The topological polar surface area (TPSA) is 92.8 Å². The van der Waals surface area contributed by atoms with E-state index in [9.17, 15) is 19.2 Å². The largest absolute Gasteiger partial charge is 0.462 e. The maximum atomic E-state index is 12.4. The van der Waals surface area contributed by atoms with Gasteiger partial charge < -0.3 is 10.1 Å². The van der Waals surface area contributed by atoms with Crippen LogP contribution in [0.25, 0.3) is 0 Å². The van der Waals surface area contributed by atoms with E-state index in [1.807, 2.05) is 0 Å². The van der Waals surface area contributed by atoms with Crippen LogP contribution in [0.2, 0.25) is 5.02 Å². The van der Waals surface area contributed by atoms with Crippen molar-refractivity contribution in [3.63, 3.8) is 0 Å². The molecule has 0 atom stereocenters. The second-order valence-electron chi connectivity index (χ2n) is 5.67. The number of ether oxygens (including phenoxy) is 1. The number of carbonyl (C=O) groups is 4. The van der Waals surface area contributed by atoms with Crippen LogP contribution in [0.15, 0.2) is 42.5 Å². The fourth-order valence-electron chi connectivity index (χ4n) is 2.75. The lowest BCUT2D eigenvalue weighted by Crippen LogP contribution is -2.37. The first kappa shape index (κ1) is 18.6. The Morgan fingerprint density at radius 1 is 1.07 bits per heavy atom. The highest BCUT2D eigenvalue weighted by atomic mass is 35.5. The number of fused-ring (bicyclic) bond motifs is 1. The zero-order valence-electron chi connectivity index (χ0n) is 14.3. The zero-order valence-corrected chi connectivity index (χ0v) is 15.1. The average Bonchev–Trinajstić information content (AvgIpc) is 2.88. The number of hydrogen-bond donors (Lipinski definition) is 1. The number of carbonyl (C=O) groups excluding carboxylic acids is 4. The fourth-order valence-corrected chi connectivity index (χ4v) is 3.00. The highest BCUT2D eigenvalue weighted by Gasteiger charge is 2.38. The van der Waals surface area contributed by atoms with Gasteiger partial charge in [-0.05, 0) is 31.2 Å². The van der Waals surface area contributed by atoms with Crippen LogP contribution in [0.1, 0.15) is 38.0 Å². The van der Waals surface area contributed by atoms with Gasteiger partial charge in [0.15, 0.2) is 0 Å². The summed E-state index contributed by atoms with van der Waals surface area (Å²) in [6, 6.07) is 10.9. The van der Waals surface area contributed by atoms with Gasteiger partial charge in [0.2, 0.25) is 5.91 Å². The van der Waals surface area contributed by atoms with Gasteiger partial charge in [-0.15, -0.1) is 0 Å². The van der Waals surface area contributed by atoms with Gasteiger partial charge in [0.1, 0.15) is 6.54 Å². The number of hydrogen-bond acceptors (Lipinski definition) is 5. The first-order valence-corrected chi connectivity index (χ1v) is 8.52. The molecule has 3 amide bonds. The van der Waals surface area contributed by atoms with Gasteiger partial charge in [0.25, 0.3) is 11.8 Å². The molecule has 8 heteroatoms. The number of imide groups is 1. The van der Waals surface area contributed by atoms with Crippen LogP contribution in [0.4, 0.5) is 5.69 Å². The number of nitrogens with zero attached hydrogens (tertiary/aromatic N) is 1. The SMILES string of the molecule is CCOC(=O)c1ccccc1NC(=O)CN1C(=O)c2cccc(Cl)c2C1=O. The number of rotatable bonds is 5. The predicted molar refractivity (Wildman–Crippen MR) is 97.8 cm³/mol. The average molecular weight is 387 g/mol. The van der Waals surface area contributed by atoms with Crippen LogP contribution < -0.4 is 5.32 Å². The van der Waals surface area contributed by atoms with Crippen molar-refractivity contribution in [1.29, 1.82) is 0 Å². The number of esters is 1. The van der Waals surface area contributed by atoms with Gasteiger partial charge in [0, 0.05) is 0 Å². The minimum Gasteiger partial charge on any atom is -0.462 e. The zero-order chi connectivity index (χ0) is 19.6. The van der Waals surface area contributed by atoms with Gasteiger partial charge >= 0.3 is 5.97 Å². The molecular weight excluding hydrogens is 372 g/mol. The van der Waals surface area contributed by atoms with Gasteiger partial charge in [-0.1, -0.05) is 29.8 Å². The summed E-state index contributed by atoms with van der Waals surface area (Å²) in [7, 11) is 0. The highest BCUT2D eigenvalue weighted by molar-refractivity contribution is 6.37. The third kappa shape index (κ3) is 3.54. The van der Waals surface area contributed by atoms with Gasteiger partial charge in [-0.25, -0.2) is 4.79 Å². The normalized spacial score (nSPS) is 12.7. The van der Waals surface area contributed by atoms with E-state index >= 15 is 0 Å². The predicted octanol–water partition coefficient (Wildman–Crippen LogP) is 2.75. The number of benzene rings is 2. The second-order valence-corrected chi connectivity index (χ2v) is 6.08. The van der Waals surface area contributed by atoms with Crippen molar-refractivity contribution >= 4 is 41.0 Å². The maximum Gasteiger partial charge on any atom is 0.340 e. The smallest absolute Gasteiger partial charge is 0.340 e. The Kier molecular flexibility index (Phi) is 5.23. The van der Waals surface area contributed by atoms with Crippen molar-refractivity contribution < 1.29 is 23.9 Å². The lowest BCUT2D eigenvalue weighted by molar-refractivity contribution is -0.116. The summed E-state index contributed by atoms with van der Waals surface area (Å²) in [5, 5.41) is 2.69. The summed E-state index contributed by atoms with van der Waals surface area (Å²) < 4.78 is 4.95. The van der Waals surface area contributed by atoms with E-state index in [1.165, 1.54) is 24.3 Å². The number of para-hydroxylation sites is 1.